The number of methoxy groups -OCH3 is 3. The molecule has 10 heteroatoms. The Morgan fingerprint density at radius 3 is 2.43 bits per heavy atom. The lowest BCUT2D eigenvalue weighted by molar-refractivity contribution is -0.115. The maximum absolute atomic E-state index is 12.3. The SMILES string of the molecule is COc1cc(-c2nnc(NC(=O)Cc3ccc4c(c3)OCO4)o2)cc(OC)c1OC. The summed E-state index contributed by atoms with van der Waals surface area (Å²) in [4.78, 5) is 12.3. The van der Waals surface area contributed by atoms with E-state index in [1.54, 1.807) is 30.3 Å². The fourth-order valence-electron chi connectivity index (χ4n) is 2.99. The first-order chi connectivity index (χ1) is 14.6. The van der Waals surface area contributed by atoms with E-state index in [1.165, 1.54) is 21.3 Å². The highest BCUT2D eigenvalue weighted by Gasteiger charge is 2.19. The first-order valence-electron chi connectivity index (χ1n) is 8.93. The normalized spacial score (nSPS) is 11.8. The second-order valence-electron chi connectivity index (χ2n) is 6.24. The molecule has 1 amide bonds. The Kier molecular flexibility index (Phi) is 5.29. The van der Waals surface area contributed by atoms with E-state index in [0.717, 1.165) is 5.56 Å². The van der Waals surface area contributed by atoms with Gasteiger partial charge in [0.05, 0.1) is 27.8 Å². The first kappa shape index (κ1) is 19.4. The summed E-state index contributed by atoms with van der Waals surface area (Å²) in [5.74, 6) is 2.48. The average Bonchev–Trinajstić information content (AvgIpc) is 3.41. The molecule has 3 aromatic rings. The molecule has 0 fully saturated rings. The van der Waals surface area contributed by atoms with Crippen LogP contribution < -0.4 is 29.0 Å². The van der Waals surface area contributed by atoms with Gasteiger partial charge in [0.1, 0.15) is 0 Å². The van der Waals surface area contributed by atoms with Crippen LogP contribution in [0.1, 0.15) is 5.56 Å². The van der Waals surface area contributed by atoms with Crippen LogP contribution in [0.25, 0.3) is 11.5 Å². The predicted molar refractivity (Wildman–Crippen MR) is 104 cm³/mol. The summed E-state index contributed by atoms with van der Waals surface area (Å²) in [5, 5.41) is 10.4. The quantitative estimate of drug-likeness (QED) is 0.624. The average molecular weight is 413 g/mol. The molecule has 0 unspecified atom stereocenters. The van der Waals surface area contributed by atoms with Crippen molar-refractivity contribution in [1.82, 2.24) is 10.2 Å². The zero-order chi connectivity index (χ0) is 21.1. The van der Waals surface area contributed by atoms with Crippen molar-refractivity contribution in [3.63, 3.8) is 0 Å². The molecule has 0 atom stereocenters. The Labute approximate surface area is 171 Å². The molecule has 30 heavy (non-hydrogen) atoms. The van der Waals surface area contributed by atoms with Gasteiger partial charge in [0, 0.05) is 5.56 Å². The van der Waals surface area contributed by atoms with Crippen LogP contribution in [0.3, 0.4) is 0 Å². The molecule has 1 N–H and O–H groups in total. The molecule has 0 saturated heterocycles. The third kappa shape index (κ3) is 3.79. The summed E-state index contributed by atoms with van der Waals surface area (Å²) in [6.45, 7) is 0.177. The number of rotatable bonds is 7. The fourth-order valence-corrected chi connectivity index (χ4v) is 2.99. The summed E-state index contributed by atoms with van der Waals surface area (Å²) in [7, 11) is 4.54. The van der Waals surface area contributed by atoms with Gasteiger partial charge >= 0.3 is 6.01 Å². The van der Waals surface area contributed by atoms with Crippen molar-refractivity contribution in [3.05, 3.63) is 35.9 Å². The number of hydrogen-bond donors (Lipinski definition) is 1. The molecule has 1 aromatic heterocycles. The summed E-state index contributed by atoms with van der Waals surface area (Å²) in [6.07, 6.45) is 0.110. The monoisotopic (exact) mass is 413 g/mol. The molecule has 0 saturated carbocycles. The number of nitrogens with one attached hydrogen (secondary N) is 1. The zero-order valence-corrected chi connectivity index (χ0v) is 16.6. The highest BCUT2D eigenvalue weighted by molar-refractivity contribution is 5.90. The first-order valence-corrected chi connectivity index (χ1v) is 8.93. The highest BCUT2D eigenvalue weighted by Crippen LogP contribution is 2.41. The van der Waals surface area contributed by atoms with E-state index in [4.69, 9.17) is 28.1 Å². The van der Waals surface area contributed by atoms with Gasteiger partial charge in [0.15, 0.2) is 23.0 Å². The van der Waals surface area contributed by atoms with Crippen molar-refractivity contribution >= 4 is 11.9 Å². The summed E-state index contributed by atoms with van der Waals surface area (Å²) in [6, 6.07) is 8.64. The molecule has 10 nitrogen and oxygen atoms in total. The molecule has 4 rings (SSSR count). The van der Waals surface area contributed by atoms with Crippen molar-refractivity contribution in [2.45, 2.75) is 6.42 Å². The molecule has 0 aliphatic carbocycles. The largest absolute Gasteiger partial charge is 0.493 e. The second kappa shape index (κ2) is 8.19. The van der Waals surface area contributed by atoms with Gasteiger partial charge in [-0.25, -0.2) is 0 Å². The zero-order valence-electron chi connectivity index (χ0n) is 16.6. The Morgan fingerprint density at radius 1 is 1.00 bits per heavy atom. The van der Waals surface area contributed by atoms with Crippen LogP contribution in [0.4, 0.5) is 6.01 Å². The molecule has 1 aliphatic heterocycles. The van der Waals surface area contributed by atoms with Crippen molar-refractivity contribution in [1.29, 1.82) is 0 Å². The van der Waals surface area contributed by atoms with Crippen molar-refractivity contribution in [3.8, 4) is 40.2 Å². The summed E-state index contributed by atoms with van der Waals surface area (Å²) in [5.41, 5.74) is 1.31. The minimum absolute atomic E-state index is 0.0236. The molecular formula is C20H19N3O7. The molecule has 2 aromatic carbocycles. The minimum Gasteiger partial charge on any atom is -0.493 e. The van der Waals surface area contributed by atoms with Crippen LogP contribution in [0.2, 0.25) is 0 Å². The maximum atomic E-state index is 12.3. The van der Waals surface area contributed by atoms with Gasteiger partial charge < -0.3 is 28.1 Å². The van der Waals surface area contributed by atoms with Crippen molar-refractivity contribution in [2.75, 3.05) is 33.4 Å². The van der Waals surface area contributed by atoms with Crippen LogP contribution in [-0.4, -0.2) is 44.2 Å². The number of benzene rings is 2. The Balaban J connectivity index is 1.48. The van der Waals surface area contributed by atoms with E-state index in [1.807, 2.05) is 0 Å². The number of aromatic nitrogens is 2. The third-order valence-corrected chi connectivity index (χ3v) is 4.38. The number of carbonyl (C=O) groups excluding carboxylic acids is 1. The molecule has 0 spiro atoms. The van der Waals surface area contributed by atoms with Gasteiger partial charge in [0.25, 0.3) is 0 Å². The Bertz CT molecular complexity index is 1060. The number of ether oxygens (including phenoxy) is 5. The van der Waals surface area contributed by atoms with E-state index in [0.29, 0.717) is 34.3 Å². The highest BCUT2D eigenvalue weighted by atomic mass is 16.7. The van der Waals surface area contributed by atoms with E-state index >= 15 is 0 Å². The summed E-state index contributed by atoms with van der Waals surface area (Å²) >= 11 is 0. The molecule has 156 valence electrons. The van der Waals surface area contributed by atoms with E-state index in [9.17, 15) is 4.79 Å². The molecular weight excluding hydrogens is 394 g/mol. The van der Waals surface area contributed by atoms with Gasteiger partial charge in [-0.15, -0.1) is 5.10 Å². The molecule has 0 bridgehead atoms. The number of amides is 1. The van der Waals surface area contributed by atoms with Gasteiger partial charge in [-0.05, 0) is 29.8 Å². The number of nitrogens with zero attached hydrogens (tertiary/aromatic N) is 2. The molecule has 1 aliphatic rings. The van der Waals surface area contributed by atoms with E-state index in [2.05, 4.69) is 15.5 Å². The molecule has 2 heterocycles. The molecule has 0 radical (unpaired) electrons. The maximum Gasteiger partial charge on any atom is 0.322 e. The topological polar surface area (TPSA) is 114 Å². The standard InChI is InChI=1S/C20H19N3O7/c1-25-15-8-12(9-16(26-2)18(15)27-3)19-22-23-20(30-19)21-17(24)7-11-4-5-13-14(6-11)29-10-28-13/h4-6,8-9H,7,10H2,1-3H3,(H,21,23,24). The van der Waals surface area contributed by atoms with Crippen LogP contribution in [-0.2, 0) is 11.2 Å². The third-order valence-electron chi connectivity index (χ3n) is 4.38. The Morgan fingerprint density at radius 2 is 1.73 bits per heavy atom. The van der Waals surface area contributed by atoms with Gasteiger partial charge in [-0.2, -0.15) is 0 Å². The Hall–Kier alpha value is -3.95. The number of anilines is 1. The van der Waals surface area contributed by atoms with Crippen LogP contribution in [0.15, 0.2) is 34.7 Å². The number of hydrogen-bond acceptors (Lipinski definition) is 9. The van der Waals surface area contributed by atoms with E-state index < -0.39 is 0 Å². The lowest BCUT2D eigenvalue weighted by Gasteiger charge is -2.12. The van der Waals surface area contributed by atoms with Crippen molar-refractivity contribution in [2.24, 2.45) is 0 Å². The fraction of sp³-hybridized carbons (Fsp3) is 0.250. The van der Waals surface area contributed by atoms with Crippen LogP contribution >= 0.6 is 0 Å². The number of carbonyl (C=O) groups is 1. The van der Waals surface area contributed by atoms with Gasteiger partial charge in [0.2, 0.25) is 24.3 Å². The smallest absolute Gasteiger partial charge is 0.322 e. The van der Waals surface area contributed by atoms with Gasteiger partial charge in [-0.1, -0.05) is 11.2 Å². The number of fused-ring (bicyclic) bond motifs is 1. The lowest BCUT2D eigenvalue weighted by atomic mass is 10.1. The summed E-state index contributed by atoms with van der Waals surface area (Å²) < 4.78 is 32.1. The predicted octanol–water partition coefficient (Wildman–Crippen LogP) is 2.67. The minimum atomic E-state index is -0.311. The lowest BCUT2D eigenvalue weighted by Crippen LogP contribution is -2.14. The van der Waals surface area contributed by atoms with Crippen LogP contribution in [0, 0.1) is 0 Å². The van der Waals surface area contributed by atoms with Crippen molar-refractivity contribution < 1.29 is 32.9 Å². The van der Waals surface area contributed by atoms with Gasteiger partial charge in [-0.3, -0.25) is 10.1 Å². The second-order valence-corrected chi connectivity index (χ2v) is 6.24. The van der Waals surface area contributed by atoms with Crippen LogP contribution in [0.5, 0.6) is 28.7 Å². The van der Waals surface area contributed by atoms with E-state index in [-0.39, 0.29) is 31.0 Å².